The molecule has 0 spiro atoms. The van der Waals surface area contributed by atoms with Crippen molar-refractivity contribution in [1.82, 2.24) is 15.5 Å². The molecule has 1 saturated heterocycles. The summed E-state index contributed by atoms with van der Waals surface area (Å²) in [5, 5.41) is 5.78. The summed E-state index contributed by atoms with van der Waals surface area (Å²) in [5.74, 6) is -0.582. The van der Waals surface area contributed by atoms with Gasteiger partial charge in [0.15, 0.2) is 0 Å². The molecule has 118 valence electrons. The van der Waals surface area contributed by atoms with E-state index in [4.69, 9.17) is 0 Å². The van der Waals surface area contributed by atoms with Crippen molar-refractivity contribution in [2.45, 2.75) is 37.8 Å². The highest BCUT2D eigenvalue weighted by Crippen LogP contribution is 2.25. The third kappa shape index (κ3) is 3.05. The van der Waals surface area contributed by atoms with Crippen molar-refractivity contribution >= 4 is 11.9 Å². The smallest absolute Gasteiger partial charge is 0.318 e. The first kappa shape index (κ1) is 14.8. The average Bonchev–Trinajstić information content (AvgIpc) is 3.01. The second-order valence-electron chi connectivity index (χ2n) is 5.87. The number of hydrogen-bond donors (Lipinski definition) is 2. The van der Waals surface area contributed by atoms with Crippen molar-refractivity contribution in [3.8, 4) is 0 Å². The Morgan fingerprint density at radius 2 is 1.91 bits per heavy atom. The Labute approximate surface area is 128 Å². The lowest BCUT2D eigenvalue weighted by Crippen LogP contribution is -2.55. The molecule has 1 aliphatic heterocycles. The van der Waals surface area contributed by atoms with Gasteiger partial charge < -0.3 is 15.5 Å². The van der Waals surface area contributed by atoms with E-state index in [0.717, 1.165) is 25.7 Å². The summed E-state index contributed by atoms with van der Waals surface area (Å²) < 4.78 is 13.1. The summed E-state index contributed by atoms with van der Waals surface area (Å²) >= 11 is 0. The molecule has 2 aliphatic rings. The second kappa shape index (κ2) is 6.34. The van der Waals surface area contributed by atoms with Gasteiger partial charge in [-0.25, -0.2) is 9.18 Å². The molecule has 1 aliphatic carbocycles. The van der Waals surface area contributed by atoms with E-state index in [2.05, 4.69) is 10.6 Å². The fourth-order valence-electron chi connectivity index (χ4n) is 3.19. The molecule has 2 fully saturated rings. The van der Waals surface area contributed by atoms with Crippen molar-refractivity contribution in [2.75, 3.05) is 13.1 Å². The van der Waals surface area contributed by atoms with Crippen LogP contribution in [-0.4, -0.2) is 36.0 Å². The van der Waals surface area contributed by atoms with Gasteiger partial charge in [-0.3, -0.25) is 4.79 Å². The van der Waals surface area contributed by atoms with E-state index in [0.29, 0.717) is 18.7 Å². The Hall–Kier alpha value is -2.11. The van der Waals surface area contributed by atoms with Gasteiger partial charge in [-0.05, 0) is 30.5 Å². The molecule has 22 heavy (non-hydrogen) atoms. The quantitative estimate of drug-likeness (QED) is 0.877. The van der Waals surface area contributed by atoms with E-state index >= 15 is 0 Å². The van der Waals surface area contributed by atoms with Gasteiger partial charge in [0.25, 0.3) is 0 Å². The SMILES string of the molecule is O=C1NCCN(C(=O)NC2CCCC2)C1c1ccc(F)cc1. The molecule has 6 heteroatoms. The number of nitrogens with one attached hydrogen (secondary N) is 2. The van der Waals surface area contributed by atoms with E-state index in [9.17, 15) is 14.0 Å². The molecule has 1 aromatic carbocycles. The van der Waals surface area contributed by atoms with Crippen molar-refractivity contribution in [3.05, 3.63) is 35.6 Å². The maximum absolute atomic E-state index is 13.1. The van der Waals surface area contributed by atoms with Gasteiger partial charge in [0.1, 0.15) is 11.9 Å². The van der Waals surface area contributed by atoms with Gasteiger partial charge in [-0.1, -0.05) is 25.0 Å². The van der Waals surface area contributed by atoms with Gasteiger partial charge in [0.2, 0.25) is 5.91 Å². The van der Waals surface area contributed by atoms with Crippen LogP contribution in [0.4, 0.5) is 9.18 Å². The third-order valence-electron chi connectivity index (χ3n) is 4.34. The number of hydrogen-bond acceptors (Lipinski definition) is 2. The third-order valence-corrected chi connectivity index (χ3v) is 4.34. The number of benzene rings is 1. The van der Waals surface area contributed by atoms with Crippen LogP contribution in [0.15, 0.2) is 24.3 Å². The molecule has 1 unspecified atom stereocenters. The number of rotatable bonds is 2. The van der Waals surface area contributed by atoms with E-state index in [-0.39, 0.29) is 23.8 Å². The first-order valence-electron chi connectivity index (χ1n) is 7.75. The molecule has 0 aromatic heterocycles. The van der Waals surface area contributed by atoms with Crippen molar-refractivity contribution < 1.29 is 14.0 Å². The monoisotopic (exact) mass is 305 g/mol. The van der Waals surface area contributed by atoms with Gasteiger partial charge in [0.05, 0.1) is 0 Å². The van der Waals surface area contributed by atoms with E-state index in [1.54, 1.807) is 17.0 Å². The minimum atomic E-state index is -0.698. The number of urea groups is 1. The Bertz CT molecular complexity index is 555. The first-order valence-corrected chi connectivity index (χ1v) is 7.75. The van der Waals surface area contributed by atoms with Gasteiger partial charge in [-0.15, -0.1) is 0 Å². The first-order chi connectivity index (χ1) is 10.6. The maximum atomic E-state index is 13.1. The fourth-order valence-corrected chi connectivity index (χ4v) is 3.19. The maximum Gasteiger partial charge on any atom is 0.318 e. The zero-order valence-corrected chi connectivity index (χ0v) is 12.3. The number of carbonyl (C=O) groups excluding carboxylic acids is 2. The number of carbonyl (C=O) groups is 2. The highest BCUT2D eigenvalue weighted by molar-refractivity contribution is 5.89. The molecule has 1 atom stereocenters. The topological polar surface area (TPSA) is 61.4 Å². The summed E-state index contributed by atoms with van der Waals surface area (Å²) in [7, 11) is 0. The summed E-state index contributed by atoms with van der Waals surface area (Å²) in [5.41, 5.74) is 0.625. The van der Waals surface area contributed by atoms with E-state index < -0.39 is 6.04 Å². The molecule has 1 saturated carbocycles. The van der Waals surface area contributed by atoms with Gasteiger partial charge in [-0.2, -0.15) is 0 Å². The predicted molar refractivity (Wildman–Crippen MR) is 79.6 cm³/mol. The van der Waals surface area contributed by atoms with Crippen molar-refractivity contribution in [3.63, 3.8) is 0 Å². The minimum absolute atomic E-state index is 0.200. The standard InChI is InChI=1S/C16H20FN3O2/c17-12-7-5-11(6-8-12)14-15(21)18-9-10-20(14)16(22)19-13-3-1-2-4-13/h5-8,13-14H,1-4,9-10H2,(H,18,21)(H,19,22). The lowest BCUT2D eigenvalue weighted by atomic mass is 10.0. The molecule has 1 aromatic rings. The minimum Gasteiger partial charge on any atom is -0.352 e. The Balaban J connectivity index is 1.78. The van der Waals surface area contributed by atoms with Crippen LogP contribution >= 0.6 is 0 Å². The van der Waals surface area contributed by atoms with Gasteiger partial charge >= 0.3 is 6.03 Å². The van der Waals surface area contributed by atoms with Crippen LogP contribution in [0.1, 0.15) is 37.3 Å². The predicted octanol–water partition coefficient (Wildman–Crippen LogP) is 1.95. The molecule has 0 radical (unpaired) electrons. The highest BCUT2D eigenvalue weighted by Gasteiger charge is 2.35. The Kier molecular flexibility index (Phi) is 4.27. The number of halogens is 1. The lowest BCUT2D eigenvalue weighted by molar-refractivity contribution is -0.127. The normalized spacial score (nSPS) is 22.5. The molecule has 1 heterocycles. The number of piperazine rings is 1. The fraction of sp³-hybridized carbons (Fsp3) is 0.500. The second-order valence-corrected chi connectivity index (χ2v) is 5.87. The van der Waals surface area contributed by atoms with Crippen molar-refractivity contribution in [1.29, 1.82) is 0 Å². The number of nitrogens with zero attached hydrogens (tertiary/aromatic N) is 1. The van der Waals surface area contributed by atoms with Crippen LogP contribution in [0.3, 0.4) is 0 Å². The van der Waals surface area contributed by atoms with E-state index in [1.165, 1.54) is 12.1 Å². The molecule has 0 bridgehead atoms. The summed E-state index contributed by atoms with van der Waals surface area (Å²) in [6, 6.07) is 5.02. The summed E-state index contributed by atoms with van der Waals surface area (Å²) in [4.78, 5) is 26.3. The largest absolute Gasteiger partial charge is 0.352 e. The van der Waals surface area contributed by atoms with Crippen LogP contribution in [0.2, 0.25) is 0 Å². The molecule has 3 amide bonds. The summed E-state index contributed by atoms with van der Waals surface area (Å²) in [6.07, 6.45) is 4.25. The Morgan fingerprint density at radius 3 is 2.59 bits per heavy atom. The van der Waals surface area contributed by atoms with Crippen LogP contribution in [0.25, 0.3) is 0 Å². The van der Waals surface area contributed by atoms with Crippen LogP contribution in [0, 0.1) is 5.82 Å². The molecular formula is C16H20FN3O2. The van der Waals surface area contributed by atoms with Crippen LogP contribution in [0.5, 0.6) is 0 Å². The molecular weight excluding hydrogens is 285 g/mol. The molecule has 3 rings (SSSR count). The van der Waals surface area contributed by atoms with Crippen LogP contribution < -0.4 is 10.6 Å². The van der Waals surface area contributed by atoms with Crippen LogP contribution in [-0.2, 0) is 4.79 Å². The lowest BCUT2D eigenvalue weighted by Gasteiger charge is -2.36. The average molecular weight is 305 g/mol. The zero-order chi connectivity index (χ0) is 15.5. The molecule has 5 nitrogen and oxygen atoms in total. The summed E-state index contributed by atoms with van der Waals surface area (Å²) in [6.45, 7) is 0.890. The van der Waals surface area contributed by atoms with Gasteiger partial charge in [0, 0.05) is 19.1 Å². The number of amides is 3. The Morgan fingerprint density at radius 1 is 1.23 bits per heavy atom. The van der Waals surface area contributed by atoms with Crippen molar-refractivity contribution in [2.24, 2.45) is 0 Å². The zero-order valence-electron chi connectivity index (χ0n) is 12.3. The van der Waals surface area contributed by atoms with E-state index in [1.807, 2.05) is 0 Å². The molecule has 2 N–H and O–H groups in total. The highest BCUT2D eigenvalue weighted by atomic mass is 19.1.